The van der Waals surface area contributed by atoms with Crippen LogP contribution in [0.3, 0.4) is 0 Å². The summed E-state index contributed by atoms with van der Waals surface area (Å²) in [6.07, 6.45) is 1.10. The number of phenols is 1. The van der Waals surface area contributed by atoms with Gasteiger partial charge in [0.1, 0.15) is 0 Å². The summed E-state index contributed by atoms with van der Waals surface area (Å²) in [5.74, 6) is 0.912. The maximum absolute atomic E-state index is 9.81. The molecular weight excluding hydrogens is 244 g/mol. The fourth-order valence-electron chi connectivity index (χ4n) is 1.80. The minimum atomic E-state index is 0.0429. The van der Waals surface area contributed by atoms with E-state index in [4.69, 9.17) is 9.47 Å². The zero-order chi connectivity index (χ0) is 14.3. The molecule has 0 saturated heterocycles. The second kappa shape index (κ2) is 7.86. The van der Waals surface area contributed by atoms with Gasteiger partial charge in [-0.25, -0.2) is 0 Å². The molecule has 0 radical (unpaired) electrons. The zero-order valence-electron chi connectivity index (χ0n) is 12.2. The maximum Gasteiger partial charge on any atom is 0.200 e. The molecule has 108 valence electrons. The Bertz CT molecular complexity index is 369. The lowest BCUT2D eigenvalue weighted by Gasteiger charge is -2.12. The summed E-state index contributed by atoms with van der Waals surface area (Å²) >= 11 is 0. The molecule has 2 N–H and O–H groups in total. The number of nitrogens with zero attached hydrogens (tertiary/aromatic N) is 1. The van der Waals surface area contributed by atoms with Crippen molar-refractivity contribution in [2.24, 2.45) is 0 Å². The maximum atomic E-state index is 9.81. The Kier molecular flexibility index (Phi) is 6.45. The van der Waals surface area contributed by atoms with E-state index >= 15 is 0 Å². The van der Waals surface area contributed by atoms with Crippen molar-refractivity contribution in [2.75, 3.05) is 41.4 Å². The summed E-state index contributed by atoms with van der Waals surface area (Å²) in [4.78, 5) is 2.16. The van der Waals surface area contributed by atoms with E-state index in [0.717, 1.165) is 31.6 Å². The molecule has 0 aromatic heterocycles. The van der Waals surface area contributed by atoms with Gasteiger partial charge in [-0.3, -0.25) is 0 Å². The van der Waals surface area contributed by atoms with Gasteiger partial charge in [0.15, 0.2) is 11.5 Å². The highest BCUT2D eigenvalue weighted by Crippen LogP contribution is 2.36. The number of methoxy groups -OCH3 is 2. The van der Waals surface area contributed by atoms with Crippen LogP contribution in [0, 0.1) is 0 Å². The molecule has 1 aromatic carbocycles. The van der Waals surface area contributed by atoms with Gasteiger partial charge in [-0.1, -0.05) is 0 Å². The van der Waals surface area contributed by atoms with Crippen molar-refractivity contribution >= 4 is 0 Å². The Labute approximate surface area is 115 Å². The van der Waals surface area contributed by atoms with E-state index in [9.17, 15) is 5.11 Å². The van der Waals surface area contributed by atoms with E-state index in [1.54, 1.807) is 0 Å². The predicted octanol–water partition coefficient (Wildman–Crippen LogP) is 1.45. The number of rotatable bonds is 8. The van der Waals surface area contributed by atoms with E-state index in [2.05, 4.69) is 24.3 Å². The summed E-state index contributed by atoms with van der Waals surface area (Å²) in [6.45, 7) is 2.74. The number of aromatic hydroxyl groups is 1. The number of ether oxygens (including phenoxy) is 2. The molecule has 0 saturated carbocycles. The van der Waals surface area contributed by atoms with Crippen LogP contribution in [0.5, 0.6) is 17.2 Å². The molecule has 0 bridgehead atoms. The topological polar surface area (TPSA) is 54.0 Å². The molecule has 0 spiro atoms. The van der Waals surface area contributed by atoms with Gasteiger partial charge in [-0.15, -0.1) is 0 Å². The van der Waals surface area contributed by atoms with Crippen molar-refractivity contribution in [3.05, 3.63) is 17.7 Å². The highest BCUT2D eigenvalue weighted by molar-refractivity contribution is 5.52. The van der Waals surface area contributed by atoms with Crippen molar-refractivity contribution in [3.8, 4) is 17.2 Å². The third-order valence-corrected chi connectivity index (χ3v) is 2.83. The Balaban J connectivity index is 2.54. The van der Waals surface area contributed by atoms with Crippen molar-refractivity contribution in [2.45, 2.75) is 13.0 Å². The van der Waals surface area contributed by atoms with E-state index in [1.165, 1.54) is 14.2 Å². The number of hydrogen-bond donors (Lipinski definition) is 2. The summed E-state index contributed by atoms with van der Waals surface area (Å²) in [6, 6.07) is 3.63. The lowest BCUT2D eigenvalue weighted by atomic mass is 10.2. The first kappa shape index (κ1) is 15.6. The first-order chi connectivity index (χ1) is 9.08. The van der Waals surface area contributed by atoms with E-state index in [1.807, 2.05) is 12.1 Å². The average Bonchev–Trinajstić information content (AvgIpc) is 2.39. The van der Waals surface area contributed by atoms with Crippen LogP contribution in [0.15, 0.2) is 12.1 Å². The van der Waals surface area contributed by atoms with Gasteiger partial charge in [0.2, 0.25) is 5.75 Å². The fraction of sp³-hybridized carbons (Fsp3) is 0.571. The minimum Gasteiger partial charge on any atom is -0.502 e. The van der Waals surface area contributed by atoms with Gasteiger partial charge < -0.3 is 24.8 Å². The van der Waals surface area contributed by atoms with Gasteiger partial charge in [0.05, 0.1) is 14.2 Å². The quantitative estimate of drug-likeness (QED) is 0.699. The third-order valence-electron chi connectivity index (χ3n) is 2.83. The smallest absolute Gasteiger partial charge is 0.200 e. The SMILES string of the molecule is COc1cc(CNCCCN(C)C)cc(OC)c1O. The van der Waals surface area contributed by atoms with Crippen molar-refractivity contribution < 1.29 is 14.6 Å². The molecule has 1 aromatic rings. The molecule has 0 aliphatic heterocycles. The number of hydrogen-bond acceptors (Lipinski definition) is 5. The molecule has 0 amide bonds. The molecule has 5 nitrogen and oxygen atoms in total. The second-order valence-corrected chi connectivity index (χ2v) is 4.68. The van der Waals surface area contributed by atoms with Crippen molar-refractivity contribution in [1.29, 1.82) is 0 Å². The monoisotopic (exact) mass is 268 g/mol. The summed E-state index contributed by atoms with van der Waals surface area (Å²) in [7, 11) is 7.19. The molecule has 0 aliphatic carbocycles. The number of benzene rings is 1. The highest BCUT2D eigenvalue weighted by Gasteiger charge is 2.10. The molecular formula is C14H24N2O3. The van der Waals surface area contributed by atoms with E-state index < -0.39 is 0 Å². The van der Waals surface area contributed by atoms with Gasteiger partial charge in [-0.2, -0.15) is 0 Å². The van der Waals surface area contributed by atoms with Gasteiger partial charge in [0.25, 0.3) is 0 Å². The van der Waals surface area contributed by atoms with Crippen LogP contribution < -0.4 is 14.8 Å². The molecule has 0 unspecified atom stereocenters. The standard InChI is InChI=1S/C14H24N2O3/c1-16(2)7-5-6-15-10-11-8-12(18-3)14(17)13(9-11)19-4/h8-9,15,17H,5-7,10H2,1-4H3. The molecule has 0 atom stereocenters. The van der Waals surface area contributed by atoms with Crippen LogP contribution >= 0.6 is 0 Å². The largest absolute Gasteiger partial charge is 0.502 e. The second-order valence-electron chi connectivity index (χ2n) is 4.68. The van der Waals surface area contributed by atoms with Crippen LogP contribution in [0.25, 0.3) is 0 Å². The fourth-order valence-corrected chi connectivity index (χ4v) is 1.80. The van der Waals surface area contributed by atoms with E-state index in [0.29, 0.717) is 11.5 Å². The van der Waals surface area contributed by atoms with Gasteiger partial charge in [-0.05, 0) is 51.3 Å². The Morgan fingerprint density at radius 1 is 1.16 bits per heavy atom. The van der Waals surface area contributed by atoms with Gasteiger partial charge >= 0.3 is 0 Å². The Morgan fingerprint density at radius 2 is 1.74 bits per heavy atom. The summed E-state index contributed by atoms with van der Waals surface area (Å²) in [5, 5.41) is 13.2. The first-order valence-electron chi connectivity index (χ1n) is 6.37. The third kappa shape index (κ3) is 4.96. The van der Waals surface area contributed by atoms with E-state index in [-0.39, 0.29) is 5.75 Å². The Morgan fingerprint density at radius 3 is 2.21 bits per heavy atom. The van der Waals surface area contributed by atoms with Crippen molar-refractivity contribution in [3.63, 3.8) is 0 Å². The lowest BCUT2D eigenvalue weighted by molar-refractivity contribution is 0.339. The van der Waals surface area contributed by atoms with Gasteiger partial charge in [0, 0.05) is 6.54 Å². The molecule has 5 heteroatoms. The summed E-state index contributed by atoms with van der Waals surface area (Å²) < 4.78 is 10.2. The number of phenolic OH excluding ortho intramolecular Hbond substituents is 1. The Hall–Kier alpha value is -1.46. The van der Waals surface area contributed by atoms with Crippen molar-refractivity contribution in [1.82, 2.24) is 10.2 Å². The molecule has 19 heavy (non-hydrogen) atoms. The molecule has 1 rings (SSSR count). The van der Waals surface area contributed by atoms with Crippen LogP contribution in [-0.2, 0) is 6.54 Å². The lowest BCUT2D eigenvalue weighted by Crippen LogP contribution is -2.21. The number of nitrogens with one attached hydrogen (secondary N) is 1. The highest BCUT2D eigenvalue weighted by atomic mass is 16.5. The normalized spacial score (nSPS) is 10.8. The zero-order valence-corrected chi connectivity index (χ0v) is 12.2. The van der Waals surface area contributed by atoms with Crippen LogP contribution in [0.4, 0.5) is 0 Å². The van der Waals surface area contributed by atoms with Crippen LogP contribution in [0.2, 0.25) is 0 Å². The molecule has 0 aliphatic rings. The first-order valence-corrected chi connectivity index (χ1v) is 6.37. The van der Waals surface area contributed by atoms with Crippen LogP contribution in [0.1, 0.15) is 12.0 Å². The molecule has 0 fully saturated rings. The van der Waals surface area contributed by atoms with Crippen LogP contribution in [-0.4, -0.2) is 51.4 Å². The summed E-state index contributed by atoms with van der Waals surface area (Å²) in [5.41, 5.74) is 1.02. The average molecular weight is 268 g/mol. The predicted molar refractivity (Wildman–Crippen MR) is 76.1 cm³/mol. The minimum absolute atomic E-state index is 0.0429. The molecule has 0 heterocycles.